The Morgan fingerprint density at radius 1 is 1.26 bits per heavy atom. The molecule has 2 amide bonds. The molecule has 1 aliphatic rings. The summed E-state index contributed by atoms with van der Waals surface area (Å²) in [6.45, 7) is 4.68. The highest BCUT2D eigenvalue weighted by Gasteiger charge is 2.23. The van der Waals surface area contributed by atoms with E-state index in [-0.39, 0.29) is 12.8 Å². The molecule has 2 rings (SSSR count). The lowest BCUT2D eigenvalue weighted by atomic mass is 10.0. The maximum Gasteiger partial charge on any atom is 0.319 e. The van der Waals surface area contributed by atoms with Gasteiger partial charge in [0, 0.05) is 13.1 Å². The lowest BCUT2D eigenvalue weighted by Gasteiger charge is -2.35. The molecule has 1 aromatic rings. The SMILES string of the molecule is CCOc1ccccc1OCNC(=O)N(C)C1CCN(C)CC1. The third-order valence-corrected chi connectivity index (χ3v) is 4.16. The fraction of sp³-hybridized carbons (Fsp3) is 0.588. The van der Waals surface area contributed by atoms with Crippen LogP contribution < -0.4 is 14.8 Å². The third kappa shape index (κ3) is 5.03. The standard InChI is InChI=1S/C17H27N3O3/c1-4-22-15-7-5-6-8-16(15)23-13-18-17(21)20(3)14-9-11-19(2)12-10-14/h5-8,14H,4,9-13H2,1-3H3,(H,18,21). The largest absolute Gasteiger partial charge is 0.490 e. The molecule has 1 aliphatic heterocycles. The first-order chi connectivity index (χ1) is 11.1. The van der Waals surface area contributed by atoms with Crippen molar-refractivity contribution >= 4 is 6.03 Å². The quantitative estimate of drug-likeness (QED) is 0.816. The van der Waals surface area contributed by atoms with Crippen LogP contribution in [0.3, 0.4) is 0 Å². The minimum Gasteiger partial charge on any atom is -0.490 e. The number of carbonyl (C=O) groups excluding carboxylic acids is 1. The van der Waals surface area contributed by atoms with Crippen LogP contribution in [0.15, 0.2) is 24.3 Å². The van der Waals surface area contributed by atoms with E-state index in [1.54, 1.807) is 4.90 Å². The van der Waals surface area contributed by atoms with E-state index in [9.17, 15) is 4.79 Å². The number of para-hydroxylation sites is 2. The van der Waals surface area contributed by atoms with Crippen LogP contribution in [0.2, 0.25) is 0 Å². The van der Waals surface area contributed by atoms with Crippen molar-refractivity contribution in [2.45, 2.75) is 25.8 Å². The van der Waals surface area contributed by atoms with Crippen LogP contribution in [0, 0.1) is 0 Å². The summed E-state index contributed by atoms with van der Waals surface area (Å²) >= 11 is 0. The molecule has 6 heteroatoms. The molecule has 0 radical (unpaired) electrons. The van der Waals surface area contributed by atoms with E-state index in [0.29, 0.717) is 24.1 Å². The molecule has 0 atom stereocenters. The number of hydrogen-bond acceptors (Lipinski definition) is 4. The third-order valence-electron chi connectivity index (χ3n) is 4.16. The first-order valence-electron chi connectivity index (χ1n) is 8.15. The molecule has 1 aromatic carbocycles. The van der Waals surface area contributed by atoms with Crippen molar-refractivity contribution < 1.29 is 14.3 Å². The minimum atomic E-state index is -0.103. The Hall–Kier alpha value is -1.95. The second-order valence-corrected chi connectivity index (χ2v) is 5.80. The van der Waals surface area contributed by atoms with Gasteiger partial charge in [-0.25, -0.2) is 4.79 Å². The number of ether oxygens (including phenoxy) is 2. The predicted octanol–water partition coefficient (Wildman–Crippen LogP) is 2.16. The molecule has 128 valence electrons. The molecule has 1 heterocycles. The van der Waals surface area contributed by atoms with Gasteiger partial charge in [-0.3, -0.25) is 0 Å². The van der Waals surface area contributed by atoms with E-state index in [1.807, 2.05) is 38.2 Å². The van der Waals surface area contributed by atoms with Crippen molar-refractivity contribution in [1.29, 1.82) is 0 Å². The molecule has 23 heavy (non-hydrogen) atoms. The number of piperidine rings is 1. The van der Waals surface area contributed by atoms with E-state index >= 15 is 0 Å². The number of amides is 2. The predicted molar refractivity (Wildman–Crippen MR) is 89.9 cm³/mol. The highest BCUT2D eigenvalue weighted by atomic mass is 16.5. The molecule has 1 saturated heterocycles. The second kappa shape index (κ2) is 8.62. The number of hydrogen-bond donors (Lipinski definition) is 1. The van der Waals surface area contributed by atoms with Crippen LogP contribution in [0.5, 0.6) is 11.5 Å². The van der Waals surface area contributed by atoms with E-state index < -0.39 is 0 Å². The van der Waals surface area contributed by atoms with Crippen molar-refractivity contribution in [1.82, 2.24) is 15.1 Å². The summed E-state index contributed by atoms with van der Waals surface area (Å²) in [7, 11) is 3.96. The second-order valence-electron chi connectivity index (χ2n) is 5.80. The van der Waals surface area contributed by atoms with Gasteiger partial charge in [0.25, 0.3) is 0 Å². The van der Waals surface area contributed by atoms with Crippen LogP contribution in [-0.4, -0.2) is 62.4 Å². The van der Waals surface area contributed by atoms with Gasteiger partial charge in [-0.15, -0.1) is 0 Å². The maximum atomic E-state index is 12.2. The van der Waals surface area contributed by atoms with Crippen LogP contribution >= 0.6 is 0 Å². The zero-order valence-electron chi connectivity index (χ0n) is 14.2. The molecule has 0 saturated carbocycles. The summed E-state index contributed by atoms with van der Waals surface area (Å²) in [5, 5.41) is 2.80. The summed E-state index contributed by atoms with van der Waals surface area (Å²) in [5.41, 5.74) is 0. The molecule has 0 unspecified atom stereocenters. The first-order valence-corrected chi connectivity index (χ1v) is 8.15. The van der Waals surface area contributed by atoms with Gasteiger partial charge in [0.05, 0.1) is 6.61 Å². The Bertz CT molecular complexity index is 502. The zero-order chi connectivity index (χ0) is 16.7. The molecular formula is C17H27N3O3. The number of nitrogens with zero attached hydrogens (tertiary/aromatic N) is 2. The number of benzene rings is 1. The average molecular weight is 321 g/mol. The number of nitrogens with one attached hydrogen (secondary N) is 1. The number of likely N-dealkylation sites (tertiary alicyclic amines) is 1. The topological polar surface area (TPSA) is 54.0 Å². The summed E-state index contributed by atoms with van der Waals surface area (Å²) in [6, 6.07) is 7.65. The summed E-state index contributed by atoms with van der Waals surface area (Å²) in [6.07, 6.45) is 2.02. The average Bonchev–Trinajstić information content (AvgIpc) is 2.56. The number of urea groups is 1. The smallest absolute Gasteiger partial charge is 0.319 e. The van der Waals surface area contributed by atoms with Crippen molar-refractivity contribution in [3.63, 3.8) is 0 Å². The van der Waals surface area contributed by atoms with Crippen molar-refractivity contribution in [2.75, 3.05) is 40.5 Å². The summed E-state index contributed by atoms with van der Waals surface area (Å²) in [4.78, 5) is 16.3. The molecule has 0 spiro atoms. The molecule has 1 N–H and O–H groups in total. The number of carbonyl (C=O) groups is 1. The van der Waals surface area contributed by atoms with Gasteiger partial charge in [-0.05, 0) is 52.0 Å². The zero-order valence-corrected chi connectivity index (χ0v) is 14.2. The van der Waals surface area contributed by atoms with Gasteiger partial charge in [0.2, 0.25) is 0 Å². The van der Waals surface area contributed by atoms with Gasteiger partial charge in [0.15, 0.2) is 18.2 Å². The van der Waals surface area contributed by atoms with Crippen molar-refractivity contribution in [3.05, 3.63) is 24.3 Å². The minimum absolute atomic E-state index is 0.103. The van der Waals surface area contributed by atoms with Gasteiger partial charge in [-0.1, -0.05) is 12.1 Å². The Morgan fingerprint density at radius 3 is 2.48 bits per heavy atom. The van der Waals surface area contributed by atoms with Crippen LogP contribution in [0.1, 0.15) is 19.8 Å². The molecule has 1 fully saturated rings. The normalized spacial score (nSPS) is 16.0. The highest BCUT2D eigenvalue weighted by molar-refractivity contribution is 5.74. The lowest BCUT2D eigenvalue weighted by molar-refractivity contribution is 0.141. The van der Waals surface area contributed by atoms with Gasteiger partial charge in [0.1, 0.15) is 0 Å². The van der Waals surface area contributed by atoms with E-state index in [0.717, 1.165) is 25.9 Å². The van der Waals surface area contributed by atoms with Crippen LogP contribution in [0.25, 0.3) is 0 Å². The maximum absolute atomic E-state index is 12.2. The Morgan fingerprint density at radius 2 is 1.87 bits per heavy atom. The lowest BCUT2D eigenvalue weighted by Crippen LogP contribution is -2.48. The fourth-order valence-corrected chi connectivity index (χ4v) is 2.69. The van der Waals surface area contributed by atoms with Crippen LogP contribution in [0.4, 0.5) is 4.79 Å². The van der Waals surface area contributed by atoms with Crippen molar-refractivity contribution in [3.8, 4) is 11.5 Å². The van der Waals surface area contributed by atoms with Crippen molar-refractivity contribution in [2.24, 2.45) is 0 Å². The van der Waals surface area contributed by atoms with Crippen LogP contribution in [-0.2, 0) is 0 Å². The highest BCUT2D eigenvalue weighted by Crippen LogP contribution is 2.25. The fourth-order valence-electron chi connectivity index (χ4n) is 2.69. The summed E-state index contributed by atoms with van der Waals surface area (Å²) < 4.78 is 11.1. The molecule has 6 nitrogen and oxygen atoms in total. The summed E-state index contributed by atoms with van der Waals surface area (Å²) in [5.74, 6) is 1.32. The Labute approximate surface area is 138 Å². The molecule has 0 bridgehead atoms. The van der Waals surface area contributed by atoms with Gasteiger partial charge >= 0.3 is 6.03 Å². The van der Waals surface area contributed by atoms with E-state index in [1.165, 1.54) is 0 Å². The van der Waals surface area contributed by atoms with Gasteiger partial charge in [-0.2, -0.15) is 0 Å². The number of rotatable bonds is 6. The Balaban J connectivity index is 1.78. The molecular weight excluding hydrogens is 294 g/mol. The molecule has 0 aromatic heterocycles. The van der Waals surface area contributed by atoms with E-state index in [4.69, 9.17) is 9.47 Å². The Kier molecular flexibility index (Phi) is 6.52. The van der Waals surface area contributed by atoms with Gasteiger partial charge < -0.3 is 24.6 Å². The monoisotopic (exact) mass is 321 g/mol. The first kappa shape index (κ1) is 17.4. The van der Waals surface area contributed by atoms with E-state index in [2.05, 4.69) is 17.3 Å². The molecule has 0 aliphatic carbocycles.